The van der Waals surface area contributed by atoms with Crippen molar-refractivity contribution < 1.29 is 23.9 Å². The standard InChI is InChI=1S/C13H14BrNO5/c1-6(14)13(18)19-5-4-15-11(16)9-7-2-3-8(20-7)10(9)12(15)17/h2-3,6-10H,4-5H2,1H3. The number of hydrogen-bond acceptors (Lipinski definition) is 5. The lowest BCUT2D eigenvalue weighted by Gasteiger charge is -2.17. The van der Waals surface area contributed by atoms with Crippen LogP contribution < -0.4 is 0 Å². The smallest absolute Gasteiger partial charge is 0.319 e. The Morgan fingerprint density at radius 3 is 2.40 bits per heavy atom. The van der Waals surface area contributed by atoms with Crippen LogP contribution in [0.25, 0.3) is 0 Å². The summed E-state index contributed by atoms with van der Waals surface area (Å²) in [5.74, 6) is -1.65. The van der Waals surface area contributed by atoms with E-state index in [0.717, 1.165) is 0 Å². The van der Waals surface area contributed by atoms with E-state index in [2.05, 4.69) is 15.9 Å². The van der Waals surface area contributed by atoms with Gasteiger partial charge in [0, 0.05) is 0 Å². The molecule has 0 N–H and O–H groups in total. The Kier molecular flexibility index (Phi) is 3.41. The monoisotopic (exact) mass is 343 g/mol. The summed E-state index contributed by atoms with van der Waals surface area (Å²) >= 11 is 3.09. The number of halogens is 1. The maximum atomic E-state index is 12.2. The van der Waals surface area contributed by atoms with E-state index in [4.69, 9.17) is 9.47 Å². The third-order valence-electron chi connectivity index (χ3n) is 3.89. The van der Waals surface area contributed by atoms with Gasteiger partial charge in [0.05, 0.1) is 30.6 Å². The van der Waals surface area contributed by atoms with E-state index >= 15 is 0 Å². The summed E-state index contributed by atoms with van der Waals surface area (Å²) < 4.78 is 10.5. The Morgan fingerprint density at radius 1 is 1.35 bits per heavy atom. The fourth-order valence-electron chi connectivity index (χ4n) is 2.94. The Hall–Kier alpha value is -1.21. The molecule has 0 aliphatic carbocycles. The van der Waals surface area contributed by atoms with Gasteiger partial charge < -0.3 is 9.47 Å². The predicted molar refractivity (Wildman–Crippen MR) is 70.8 cm³/mol. The molecule has 108 valence electrons. The molecule has 5 atom stereocenters. The van der Waals surface area contributed by atoms with Gasteiger partial charge in [0.2, 0.25) is 11.8 Å². The fourth-order valence-corrected chi connectivity index (χ4v) is 3.07. The van der Waals surface area contributed by atoms with Crippen molar-refractivity contribution in [3.05, 3.63) is 12.2 Å². The summed E-state index contributed by atoms with van der Waals surface area (Å²) in [4.78, 5) is 36.6. The Balaban J connectivity index is 1.61. The van der Waals surface area contributed by atoms with Crippen LogP contribution in [-0.2, 0) is 23.9 Å². The van der Waals surface area contributed by atoms with Gasteiger partial charge in [-0.3, -0.25) is 19.3 Å². The van der Waals surface area contributed by atoms with Crippen LogP contribution in [0.4, 0.5) is 0 Å². The van der Waals surface area contributed by atoms with Crippen LogP contribution in [0.15, 0.2) is 12.2 Å². The van der Waals surface area contributed by atoms with Gasteiger partial charge in [-0.15, -0.1) is 0 Å². The van der Waals surface area contributed by atoms with Crippen LogP contribution in [-0.4, -0.2) is 52.9 Å². The van der Waals surface area contributed by atoms with Gasteiger partial charge in [-0.25, -0.2) is 0 Å². The highest BCUT2D eigenvalue weighted by Gasteiger charge is 2.60. The van der Waals surface area contributed by atoms with Crippen molar-refractivity contribution in [2.24, 2.45) is 11.8 Å². The molecular weight excluding hydrogens is 330 g/mol. The van der Waals surface area contributed by atoms with Crippen LogP contribution >= 0.6 is 15.9 Å². The molecule has 2 saturated heterocycles. The van der Waals surface area contributed by atoms with E-state index in [-0.39, 0.29) is 37.2 Å². The zero-order chi connectivity index (χ0) is 14.4. The summed E-state index contributed by atoms with van der Waals surface area (Å²) in [6.45, 7) is 1.78. The molecule has 0 saturated carbocycles. The number of hydrogen-bond donors (Lipinski definition) is 0. The number of alkyl halides is 1. The second kappa shape index (κ2) is 4.96. The van der Waals surface area contributed by atoms with Gasteiger partial charge in [0.1, 0.15) is 11.4 Å². The van der Waals surface area contributed by atoms with Crippen molar-refractivity contribution in [2.45, 2.75) is 24.0 Å². The molecule has 5 unspecified atom stereocenters. The molecule has 3 aliphatic heterocycles. The first-order chi connectivity index (χ1) is 9.50. The van der Waals surface area contributed by atoms with Gasteiger partial charge in [0.25, 0.3) is 0 Å². The number of ether oxygens (including phenoxy) is 2. The molecule has 0 aromatic rings. The molecule has 2 amide bonds. The molecule has 2 fully saturated rings. The third-order valence-corrected chi connectivity index (χ3v) is 4.26. The first-order valence-corrected chi connectivity index (χ1v) is 7.42. The summed E-state index contributed by atoms with van der Waals surface area (Å²) in [6.07, 6.45) is 3.12. The van der Waals surface area contributed by atoms with Crippen LogP contribution in [0, 0.1) is 11.8 Å². The van der Waals surface area contributed by atoms with Crippen LogP contribution in [0.5, 0.6) is 0 Å². The van der Waals surface area contributed by atoms with E-state index in [9.17, 15) is 14.4 Å². The van der Waals surface area contributed by atoms with Crippen molar-refractivity contribution in [2.75, 3.05) is 13.2 Å². The molecule has 3 rings (SSSR count). The van der Waals surface area contributed by atoms with Crippen molar-refractivity contribution in [1.29, 1.82) is 0 Å². The van der Waals surface area contributed by atoms with Gasteiger partial charge in [-0.1, -0.05) is 28.1 Å². The third kappa shape index (κ3) is 2.00. The zero-order valence-electron chi connectivity index (χ0n) is 10.8. The molecule has 6 nitrogen and oxygen atoms in total. The number of nitrogens with zero attached hydrogens (tertiary/aromatic N) is 1. The van der Waals surface area contributed by atoms with Crippen LogP contribution in [0.2, 0.25) is 0 Å². The highest BCUT2D eigenvalue weighted by atomic mass is 79.9. The first-order valence-electron chi connectivity index (χ1n) is 6.50. The zero-order valence-corrected chi connectivity index (χ0v) is 12.4. The van der Waals surface area contributed by atoms with Crippen molar-refractivity contribution >= 4 is 33.7 Å². The van der Waals surface area contributed by atoms with Crippen LogP contribution in [0.1, 0.15) is 6.92 Å². The SMILES string of the molecule is CC(Br)C(=O)OCCN1C(=O)C2C3C=CC(O3)C2C1=O. The Labute approximate surface area is 124 Å². The normalized spacial score (nSPS) is 35.6. The van der Waals surface area contributed by atoms with Gasteiger partial charge in [0.15, 0.2) is 0 Å². The Morgan fingerprint density at radius 2 is 1.90 bits per heavy atom. The lowest BCUT2D eigenvalue weighted by atomic mass is 9.85. The second-order valence-corrected chi connectivity index (χ2v) is 6.49. The van der Waals surface area contributed by atoms with Crippen LogP contribution in [0.3, 0.4) is 0 Å². The molecule has 7 heteroatoms. The minimum atomic E-state index is -0.408. The molecule has 20 heavy (non-hydrogen) atoms. The number of fused-ring (bicyclic) bond motifs is 5. The first kappa shape index (κ1) is 13.8. The molecular formula is C13H14BrNO5. The van der Waals surface area contributed by atoms with Gasteiger partial charge >= 0.3 is 5.97 Å². The number of rotatable bonds is 4. The van der Waals surface area contributed by atoms with E-state index in [0.29, 0.717) is 0 Å². The maximum absolute atomic E-state index is 12.2. The minimum Gasteiger partial charge on any atom is -0.463 e. The van der Waals surface area contributed by atoms with E-state index in [1.165, 1.54) is 4.90 Å². The number of carbonyl (C=O) groups is 3. The molecule has 0 spiro atoms. The minimum absolute atomic E-state index is 0.0231. The number of amides is 2. The number of imide groups is 1. The summed E-state index contributed by atoms with van der Waals surface area (Å²) in [6, 6.07) is 0. The lowest BCUT2D eigenvalue weighted by Crippen LogP contribution is -2.37. The largest absolute Gasteiger partial charge is 0.463 e. The van der Waals surface area contributed by atoms with Gasteiger partial charge in [-0.2, -0.15) is 0 Å². The van der Waals surface area contributed by atoms with Crippen molar-refractivity contribution in [3.63, 3.8) is 0 Å². The van der Waals surface area contributed by atoms with Gasteiger partial charge in [-0.05, 0) is 6.92 Å². The number of likely N-dealkylation sites (tertiary alicyclic amines) is 1. The highest BCUT2D eigenvalue weighted by molar-refractivity contribution is 9.10. The molecule has 3 heterocycles. The van der Waals surface area contributed by atoms with Crippen molar-refractivity contribution in [3.8, 4) is 0 Å². The second-order valence-electron chi connectivity index (χ2n) is 5.11. The lowest BCUT2D eigenvalue weighted by molar-refractivity contribution is -0.149. The average Bonchev–Trinajstić information content (AvgIpc) is 3.07. The topological polar surface area (TPSA) is 72.9 Å². The number of carbonyl (C=O) groups excluding carboxylic acids is 3. The number of esters is 1. The molecule has 0 aromatic heterocycles. The quantitative estimate of drug-likeness (QED) is 0.316. The molecule has 0 radical (unpaired) electrons. The van der Waals surface area contributed by atoms with Crippen molar-refractivity contribution in [1.82, 2.24) is 4.90 Å². The maximum Gasteiger partial charge on any atom is 0.319 e. The molecule has 3 aliphatic rings. The highest BCUT2D eigenvalue weighted by Crippen LogP contribution is 2.44. The summed E-state index contributed by atoms with van der Waals surface area (Å²) in [5.41, 5.74) is 0. The van der Waals surface area contributed by atoms with E-state index in [1.807, 2.05) is 12.2 Å². The summed E-state index contributed by atoms with van der Waals surface area (Å²) in [7, 11) is 0. The Bertz CT molecular complexity index is 473. The predicted octanol–water partition coefficient (Wildman–Crippen LogP) is 0.251. The summed E-state index contributed by atoms with van der Waals surface area (Å²) in [5, 5.41) is 0. The molecule has 0 aromatic carbocycles. The molecule has 2 bridgehead atoms. The fraction of sp³-hybridized carbons (Fsp3) is 0.615. The van der Waals surface area contributed by atoms with E-state index in [1.54, 1.807) is 6.92 Å². The van der Waals surface area contributed by atoms with E-state index < -0.39 is 22.6 Å². The average molecular weight is 344 g/mol.